The van der Waals surface area contributed by atoms with Crippen molar-refractivity contribution in [3.63, 3.8) is 0 Å². The van der Waals surface area contributed by atoms with Crippen LogP contribution in [0.4, 0.5) is 5.69 Å². The predicted molar refractivity (Wildman–Crippen MR) is 81.1 cm³/mol. The van der Waals surface area contributed by atoms with E-state index in [0.717, 1.165) is 24.3 Å². The van der Waals surface area contributed by atoms with Crippen molar-refractivity contribution in [3.05, 3.63) is 29.8 Å². The zero-order valence-electron chi connectivity index (χ0n) is 12.6. The number of carbonyl (C=O) groups is 1. The minimum Gasteiger partial charge on any atom is -0.376 e. The summed E-state index contributed by atoms with van der Waals surface area (Å²) in [6, 6.07) is 8.04. The van der Waals surface area contributed by atoms with Crippen LogP contribution in [0, 0.1) is 6.92 Å². The molecule has 1 saturated heterocycles. The first-order valence-electron chi connectivity index (χ1n) is 7.31. The van der Waals surface area contributed by atoms with Crippen molar-refractivity contribution in [1.29, 1.82) is 0 Å². The highest BCUT2D eigenvalue weighted by Crippen LogP contribution is 2.19. The standard InChI is InChI=1S/C16H24N2O2/c1-4-18(15-8-6-5-7-13(15)2)16(19)12-17-9-10-20-14(3)11-17/h5-8,14H,4,9-12H2,1-3H3. The number of aryl methyl sites for hydroxylation is 1. The Bertz CT molecular complexity index is 462. The Balaban J connectivity index is 2.04. The molecule has 1 aliphatic heterocycles. The third-order valence-electron chi connectivity index (χ3n) is 3.71. The van der Waals surface area contributed by atoms with Gasteiger partial charge in [0.2, 0.25) is 5.91 Å². The number of rotatable bonds is 4. The Morgan fingerprint density at radius 1 is 1.45 bits per heavy atom. The molecule has 1 heterocycles. The van der Waals surface area contributed by atoms with E-state index in [4.69, 9.17) is 4.74 Å². The molecule has 1 aliphatic rings. The summed E-state index contributed by atoms with van der Waals surface area (Å²) >= 11 is 0. The summed E-state index contributed by atoms with van der Waals surface area (Å²) in [6.07, 6.45) is 0.213. The normalized spacial score (nSPS) is 19.9. The lowest BCUT2D eigenvalue weighted by Crippen LogP contribution is -2.47. The van der Waals surface area contributed by atoms with Gasteiger partial charge in [0, 0.05) is 25.3 Å². The van der Waals surface area contributed by atoms with Crippen LogP contribution in [-0.4, -0.2) is 49.7 Å². The molecule has 1 atom stereocenters. The van der Waals surface area contributed by atoms with E-state index in [0.29, 0.717) is 19.7 Å². The van der Waals surface area contributed by atoms with E-state index in [1.807, 2.05) is 43.0 Å². The number of hydrogen-bond acceptors (Lipinski definition) is 3. The number of para-hydroxylation sites is 1. The average molecular weight is 276 g/mol. The fourth-order valence-corrected chi connectivity index (χ4v) is 2.66. The van der Waals surface area contributed by atoms with Gasteiger partial charge in [-0.25, -0.2) is 0 Å². The number of nitrogens with zero attached hydrogens (tertiary/aromatic N) is 2. The number of benzene rings is 1. The van der Waals surface area contributed by atoms with E-state index < -0.39 is 0 Å². The van der Waals surface area contributed by atoms with Gasteiger partial charge < -0.3 is 9.64 Å². The minimum absolute atomic E-state index is 0.163. The Hall–Kier alpha value is -1.39. The van der Waals surface area contributed by atoms with E-state index in [2.05, 4.69) is 11.8 Å². The summed E-state index contributed by atoms with van der Waals surface area (Å²) in [6.45, 7) is 9.66. The number of morpholine rings is 1. The van der Waals surface area contributed by atoms with Crippen LogP contribution >= 0.6 is 0 Å². The van der Waals surface area contributed by atoms with Gasteiger partial charge in [0.05, 0.1) is 19.3 Å². The highest BCUT2D eigenvalue weighted by molar-refractivity contribution is 5.95. The van der Waals surface area contributed by atoms with Crippen LogP contribution in [0.2, 0.25) is 0 Å². The van der Waals surface area contributed by atoms with E-state index in [-0.39, 0.29) is 12.0 Å². The topological polar surface area (TPSA) is 32.8 Å². The predicted octanol–water partition coefficient (Wildman–Crippen LogP) is 2.07. The summed E-state index contributed by atoms with van der Waals surface area (Å²) in [4.78, 5) is 16.6. The number of amides is 1. The molecule has 1 unspecified atom stereocenters. The lowest BCUT2D eigenvalue weighted by molar-refractivity contribution is -0.121. The first-order valence-corrected chi connectivity index (χ1v) is 7.31. The molecule has 0 saturated carbocycles. The van der Waals surface area contributed by atoms with E-state index >= 15 is 0 Å². The number of carbonyl (C=O) groups excluding carboxylic acids is 1. The Morgan fingerprint density at radius 2 is 2.20 bits per heavy atom. The van der Waals surface area contributed by atoms with Crippen molar-refractivity contribution in [2.45, 2.75) is 26.9 Å². The Morgan fingerprint density at radius 3 is 2.85 bits per heavy atom. The first kappa shape index (κ1) is 15.0. The summed E-state index contributed by atoms with van der Waals surface area (Å²) in [5, 5.41) is 0. The van der Waals surface area contributed by atoms with Gasteiger partial charge in [0.1, 0.15) is 0 Å². The first-order chi connectivity index (χ1) is 9.61. The molecule has 1 fully saturated rings. The summed E-state index contributed by atoms with van der Waals surface area (Å²) < 4.78 is 5.51. The van der Waals surface area contributed by atoms with E-state index in [9.17, 15) is 4.79 Å². The Labute approximate surface area is 121 Å². The van der Waals surface area contributed by atoms with Crippen LogP contribution in [0.3, 0.4) is 0 Å². The van der Waals surface area contributed by atoms with Crippen molar-refractivity contribution in [3.8, 4) is 0 Å². The summed E-state index contributed by atoms with van der Waals surface area (Å²) in [7, 11) is 0. The van der Waals surface area contributed by atoms with Crippen molar-refractivity contribution in [2.24, 2.45) is 0 Å². The van der Waals surface area contributed by atoms with Gasteiger partial charge in [0.25, 0.3) is 0 Å². The van der Waals surface area contributed by atoms with E-state index in [1.54, 1.807) is 0 Å². The maximum atomic E-state index is 12.5. The van der Waals surface area contributed by atoms with Crippen molar-refractivity contribution in [2.75, 3.05) is 37.7 Å². The molecule has 0 bridgehead atoms. The second-order valence-electron chi connectivity index (χ2n) is 5.34. The van der Waals surface area contributed by atoms with Gasteiger partial charge >= 0.3 is 0 Å². The molecule has 2 rings (SSSR count). The molecule has 1 aromatic rings. The second kappa shape index (κ2) is 6.86. The van der Waals surface area contributed by atoms with Crippen LogP contribution in [-0.2, 0) is 9.53 Å². The number of anilines is 1. The van der Waals surface area contributed by atoms with Crippen molar-refractivity contribution in [1.82, 2.24) is 4.90 Å². The molecule has 4 heteroatoms. The molecule has 0 aliphatic carbocycles. The van der Waals surface area contributed by atoms with Gasteiger partial charge in [-0.3, -0.25) is 9.69 Å². The van der Waals surface area contributed by atoms with Crippen LogP contribution in [0.1, 0.15) is 19.4 Å². The molecule has 1 amide bonds. The maximum absolute atomic E-state index is 12.5. The maximum Gasteiger partial charge on any atom is 0.241 e. The average Bonchev–Trinajstić information content (AvgIpc) is 2.41. The molecule has 0 radical (unpaired) electrons. The van der Waals surface area contributed by atoms with Crippen LogP contribution < -0.4 is 4.90 Å². The van der Waals surface area contributed by atoms with Crippen molar-refractivity contribution >= 4 is 11.6 Å². The van der Waals surface area contributed by atoms with Gasteiger partial charge in [0.15, 0.2) is 0 Å². The van der Waals surface area contributed by atoms with Gasteiger partial charge in [-0.1, -0.05) is 18.2 Å². The molecule has 1 aromatic carbocycles. The smallest absolute Gasteiger partial charge is 0.241 e. The molecule has 4 nitrogen and oxygen atoms in total. The zero-order chi connectivity index (χ0) is 14.5. The second-order valence-corrected chi connectivity index (χ2v) is 5.34. The third-order valence-corrected chi connectivity index (χ3v) is 3.71. The lowest BCUT2D eigenvalue weighted by Gasteiger charge is -2.32. The number of hydrogen-bond donors (Lipinski definition) is 0. The SMILES string of the molecule is CCN(C(=O)CN1CCOC(C)C1)c1ccccc1C. The number of likely N-dealkylation sites (N-methyl/N-ethyl adjacent to an activating group) is 1. The monoisotopic (exact) mass is 276 g/mol. The molecular formula is C16H24N2O2. The molecule has 0 spiro atoms. The Kier molecular flexibility index (Phi) is 5.15. The fraction of sp³-hybridized carbons (Fsp3) is 0.562. The molecule has 20 heavy (non-hydrogen) atoms. The third kappa shape index (κ3) is 3.58. The van der Waals surface area contributed by atoms with Gasteiger partial charge in [-0.2, -0.15) is 0 Å². The molecule has 0 N–H and O–H groups in total. The summed E-state index contributed by atoms with van der Waals surface area (Å²) in [5.74, 6) is 0.163. The highest BCUT2D eigenvalue weighted by atomic mass is 16.5. The van der Waals surface area contributed by atoms with Crippen molar-refractivity contribution < 1.29 is 9.53 Å². The van der Waals surface area contributed by atoms with Gasteiger partial charge in [-0.05, 0) is 32.4 Å². The fourth-order valence-electron chi connectivity index (χ4n) is 2.66. The number of ether oxygens (including phenoxy) is 1. The van der Waals surface area contributed by atoms with E-state index in [1.165, 1.54) is 0 Å². The molecule has 0 aromatic heterocycles. The van der Waals surface area contributed by atoms with Crippen LogP contribution in [0.15, 0.2) is 24.3 Å². The molecule has 110 valence electrons. The summed E-state index contributed by atoms with van der Waals surface area (Å²) in [5.41, 5.74) is 2.15. The quantitative estimate of drug-likeness (QED) is 0.844. The van der Waals surface area contributed by atoms with Crippen LogP contribution in [0.25, 0.3) is 0 Å². The zero-order valence-corrected chi connectivity index (χ0v) is 12.6. The molecular weight excluding hydrogens is 252 g/mol. The largest absolute Gasteiger partial charge is 0.376 e. The van der Waals surface area contributed by atoms with Gasteiger partial charge in [-0.15, -0.1) is 0 Å². The highest BCUT2D eigenvalue weighted by Gasteiger charge is 2.22. The lowest BCUT2D eigenvalue weighted by atomic mass is 10.1. The minimum atomic E-state index is 0.163. The van der Waals surface area contributed by atoms with Crippen LogP contribution in [0.5, 0.6) is 0 Å².